The van der Waals surface area contributed by atoms with Gasteiger partial charge in [-0.15, -0.1) is 11.3 Å². The van der Waals surface area contributed by atoms with Crippen molar-refractivity contribution in [1.29, 1.82) is 0 Å². The van der Waals surface area contributed by atoms with Gasteiger partial charge in [0.2, 0.25) is 0 Å². The third-order valence-corrected chi connectivity index (χ3v) is 5.48. The summed E-state index contributed by atoms with van der Waals surface area (Å²) in [6, 6.07) is 2.10. The number of nitrogens with one attached hydrogen (secondary N) is 1. The average Bonchev–Trinajstić information content (AvgIpc) is 3.22. The van der Waals surface area contributed by atoms with Crippen LogP contribution in [-0.2, 0) is 0 Å². The minimum atomic E-state index is 0.0474. The maximum atomic E-state index is 12.7. The Kier molecular flexibility index (Phi) is 4.55. The van der Waals surface area contributed by atoms with Gasteiger partial charge in [0.1, 0.15) is 4.34 Å². The Bertz CT molecular complexity index is 495. The smallest absolute Gasteiger partial charge is 0.256 e. The second-order valence-corrected chi connectivity index (χ2v) is 7.92. The highest BCUT2D eigenvalue weighted by molar-refractivity contribution is 7.20. The monoisotopic (exact) mass is 332 g/mol. The molecule has 1 atom stereocenters. The number of carbonyl (C=O) groups excluding carboxylic acids is 1. The SMILES string of the molecule is O=C(c1cc(Cl)sc1Cl)N(CC1CCCNC1)C1CC1. The molecule has 1 unspecified atom stereocenters. The molecular formula is C14H18Cl2N2OS. The van der Waals surface area contributed by atoms with Crippen LogP contribution in [0.25, 0.3) is 0 Å². The van der Waals surface area contributed by atoms with Gasteiger partial charge >= 0.3 is 0 Å². The van der Waals surface area contributed by atoms with Crippen LogP contribution in [0, 0.1) is 5.92 Å². The van der Waals surface area contributed by atoms with E-state index in [9.17, 15) is 4.79 Å². The zero-order chi connectivity index (χ0) is 14.1. The molecule has 1 saturated carbocycles. The number of thiophene rings is 1. The van der Waals surface area contributed by atoms with Gasteiger partial charge in [0.15, 0.2) is 0 Å². The van der Waals surface area contributed by atoms with E-state index >= 15 is 0 Å². The lowest BCUT2D eigenvalue weighted by Gasteiger charge is -2.30. The van der Waals surface area contributed by atoms with E-state index in [0.717, 1.165) is 32.5 Å². The van der Waals surface area contributed by atoms with E-state index in [1.165, 1.54) is 24.2 Å². The maximum absolute atomic E-state index is 12.7. The molecule has 0 aromatic carbocycles. The maximum Gasteiger partial charge on any atom is 0.256 e. The summed E-state index contributed by atoms with van der Waals surface area (Å²) in [5, 5.41) is 3.41. The third kappa shape index (κ3) is 3.30. The van der Waals surface area contributed by atoms with Gasteiger partial charge < -0.3 is 10.2 Å². The predicted molar refractivity (Wildman–Crippen MR) is 84.0 cm³/mol. The molecule has 1 aromatic heterocycles. The zero-order valence-corrected chi connectivity index (χ0v) is 13.5. The molecule has 1 aliphatic carbocycles. The van der Waals surface area contributed by atoms with Gasteiger partial charge in [0.05, 0.1) is 9.90 Å². The normalized spacial score (nSPS) is 22.8. The van der Waals surface area contributed by atoms with Gasteiger partial charge in [-0.25, -0.2) is 0 Å². The number of carbonyl (C=O) groups is 1. The first kappa shape index (κ1) is 14.6. The number of halogens is 2. The predicted octanol–water partition coefficient (Wildman–Crippen LogP) is 3.66. The molecular weight excluding hydrogens is 315 g/mol. The Labute approximate surface area is 133 Å². The third-order valence-electron chi connectivity index (χ3n) is 3.99. The van der Waals surface area contributed by atoms with Crippen LogP contribution in [0.15, 0.2) is 6.07 Å². The summed E-state index contributed by atoms with van der Waals surface area (Å²) >= 11 is 13.3. The van der Waals surface area contributed by atoms with Crippen molar-refractivity contribution in [3.05, 3.63) is 20.3 Å². The standard InChI is InChI=1S/C14H18Cl2N2OS/c15-12-6-11(13(16)20-12)14(19)18(10-3-4-10)8-9-2-1-5-17-7-9/h6,9-10,17H,1-5,7-8H2. The number of rotatable bonds is 4. The molecule has 110 valence electrons. The minimum absolute atomic E-state index is 0.0474. The fourth-order valence-corrected chi connectivity index (χ4v) is 4.23. The average molecular weight is 333 g/mol. The number of piperidine rings is 1. The van der Waals surface area contributed by atoms with Crippen molar-refractivity contribution >= 4 is 40.4 Å². The van der Waals surface area contributed by atoms with Crippen molar-refractivity contribution in [2.75, 3.05) is 19.6 Å². The number of hydrogen-bond donors (Lipinski definition) is 1. The molecule has 0 spiro atoms. The number of hydrogen-bond acceptors (Lipinski definition) is 3. The molecule has 3 rings (SSSR count). The van der Waals surface area contributed by atoms with Crippen LogP contribution < -0.4 is 5.32 Å². The molecule has 20 heavy (non-hydrogen) atoms. The van der Waals surface area contributed by atoms with Crippen molar-refractivity contribution in [3.63, 3.8) is 0 Å². The molecule has 1 saturated heterocycles. The summed E-state index contributed by atoms with van der Waals surface area (Å²) in [5.74, 6) is 0.604. The zero-order valence-electron chi connectivity index (χ0n) is 11.2. The fraction of sp³-hybridized carbons (Fsp3) is 0.643. The summed E-state index contributed by atoms with van der Waals surface area (Å²) in [7, 11) is 0. The van der Waals surface area contributed by atoms with E-state index in [-0.39, 0.29) is 5.91 Å². The van der Waals surface area contributed by atoms with Crippen LogP contribution in [-0.4, -0.2) is 36.5 Å². The molecule has 1 aliphatic heterocycles. The van der Waals surface area contributed by atoms with Crippen LogP contribution in [0.1, 0.15) is 36.0 Å². The number of amides is 1. The lowest BCUT2D eigenvalue weighted by atomic mass is 9.98. The van der Waals surface area contributed by atoms with E-state index in [1.807, 2.05) is 4.90 Å². The minimum Gasteiger partial charge on any atom is -0.335 e. The second-order valence-electron chi connectivity index (χ2n) is 5.64. The summed E-state index contributed by atoms with van der Waals surface area (Å²) < 4.78 is 1.08. The molecule has 0 radical (unpaired) electrons. The van der Waals surface area contributed by atoms with Crippen molar-refractivity contribution in [3.8, 4) is 0 Å². The van der Waals surface area contributed by atoms with Gasteiger partial charge in [-0.2, -0.15) is 0 Å². The van der Waals surface area contributed by atoms with Gasteiger partial charge in [-0.05, 0) is 50.8 Å². The van der Waals surface area contributed by atoms with Crippen LogP contribution >= 0.6 is 34.5 Å². The molecule has 3 nitrogen and oxygen atoms in total. The van der Waals surface area contributed by atoms with Crippen molar-refractivity contribution < 1.29 is 4.79 Å². The Morgan fingerprint density at radius 1 is 1.40 bits per heavy atom. The van der Waals surface area contributed by atoms with Gasteiger partial charge in [0, 0.05) is 12.6 Å². The molecule has 1 N–H and O–H groups in total. The van der Waals surface area contributed by atoms with Gasteiger partial charge in [0.25, 0.3) is 5.91 Å². The second kappa shape index (κ2) is 6.22. The van der Waals surface area contributed by atoms with Gasteiger partial charge in [-0.1, -0.05) is 23.2 Å². The molecule has 6 heteroatoms. The Hall–Kier alpha value is -0.290. The Morgan fingerprint density at radius 2 is 2.20 bits per heavy atom. The molecule has 2 aliphatic rings. The van der Waals surface area contributed by atoms with E-state index in [1.54, 1.807) is 6.07 Å². The van der Waals surface area contributed by atoms with E-state index < -0.39 is 0 Å². The largest absolute Gasteiger partial charge is 0.335 e. The quantitative estimate of drug-likeness (QED) is 0.912. The summed E-state index contributed by atoms with van der Waals surface area (Å²) in [6.07, 6.45) is 4.62. The first-order chi connectivity index (χ1) is 9.65. The Balaban J connectivity index is 1.72. The van der Waals surface area contributed by atoms with E-state index in [0.29, 0.717) is 26.2 Å². The van der Waals surface area contributed by atoms with Crippen molar-refractivity contribution in [1.82, 2.24) is 10.2 Å². The molecule has 0 bridgehead atoms. The van der Waals surface area contributed by atoms with E-state index in [2.05, 4.69) is 5.32 Å². The molecule has 1 amide bonds. The van der Waals surface area contributed by atoms with Crippen LogP contribution in [0.5, 0.6) is 0 Å². The van der Waals surface area contributed by atoms with Crippen molar-refractivity contribution in [2.24, 2.45) is 5.92 Å². The van der Waals surface area contributed by atoms with E-state index in [4.69, 9.17) is 23.2 Å². The summed E-state index contributed by atoms with van der Waals surface area (Å²) in [6.45, 7) is 2.94. The number of nitrogens with zero attached hydrogens (tertiary/aromatic N) is 1. The molecule has 2 fully saturated rings. The van der Waals surface area contributed by atoms with Crippen molar-refractivity contribution in [2.45, 2.75) is 31.7 Å². The van der Waals surface area contributed by atoms with Crippen LogP contribution in [0.4, 0.5) is 0 Å². The van der Waals surface area contributed by atoms with Crippen LogP contribution in [0.3, 0.4) is 0 Å². The summed E-state index contributed by atoms with van der Waals surface area (Å²) in [5.41, 5.74) is 0.567. The topological polar surface area (TPSA) is 32.3 Å². The first-order valence-corrected chi connectivity index (χ1v) is 8.69. The molecule has 2 heterocycles. The molecule has 1 aromatic rings. The fourth-order valence-electron chi connectivity index (χ4n) is 2.78. The highest BCUT2D eigenvalue weighted by atomic mass is 35.5. The van der Waals surface area contributed by atoms with Crippen LogP contribution in [0.2, 0.25) is 8.67 Å². The van der Waals surface area contributed by atoms with Gasteiger partial charge in [-0.3, -0.25) is 4.79 Å². The highest BCUT2D eigenvalue weighted by Crippen LogP contribution is 2.35. The lowest BCUT2D eigenvalue weighted by molar-refractivity contribution is 0.0705. The summed E-state index contributed by atoms with van der Waals surface area (Å²) in [4.78, 5) is 14.7. The Morgan fingerprint density at radius 3 is 2.75 bits per heavy atom. The highest BCUT2D eigenvalue weighted by Gasteiger charge is 2.35. The first-order valence-electron chi connectivity index (χ1n) is 7.11. The lowest BCUT2D eigenvalue weighted by Crippen LogP contribution is -2.42.